The van der Waals surface area contributed by atoms with Gasteiger partial charge < -0.3 is 15.2 Å². The lowest BCUT2D eigenvalue weighted by atomic mass is 9.78. The van der Waals surface area contributed by atoms with Crippen molar-refractivity contribution in [3.8, 4) is 0 Å². The van der Waals surface area contributed by atoms with Crippen LogP contribution < -0.4 is 5.32 Å². The minimum atomic E-state index is 0.263. The summed E-state index contributed by atoms with van der Waals surface area (Å²) in [7, 11) is 0. The van der Waals surface area contributed by atoms with Crippen molar-refractivity contribution in [3.63, 3.8) is 0 Å². The maximum Gasteiger partial charge on any atom is 0.0892 e. The first-order valence-electron chi connectivity index (χ1n) is 7.89. The van der Waals surface area contributed by atoms with Crippen molar-refractivity contribution in [1.29, 1.82) is 0 Å². The van der Waals surface area contributed by atoms with Crippen LogP contribution in [0.2, 0.25) is 0 Å². The lowest BCUT2D eigenvalue weighted by molar-refractivity contribution is -0.0387. The molecule has 0 radical (unpaired) electrons. The molecular weight excluding hydrogens is 250 g/mol. The Morgan fingerprint density at radius 2 is 2.25 bits per heavy atom. The predicted octanol–water partition coefficient (Wildman–Crippen LogP) is 3.42. The number of hydrogen-bond donors (Lipinski definition) is 2. The average molecular weight is 275 g/mol. The fourth-order valence-electron chi connectivity index (χ4n) is 3.65. The molecule has 1 fully saturated rings. The number of rotatable bonds is 4. The van der Waals surface area contributed by atoms with E-state index in [2.05, 4.69) is 30.4 Å². The summed E-state index contributed by atoms with van der Waals surface area (Å²) in [6.45, 7) is 3.33. The van der Waals surface area contributed by atoms with Crippen molar-refractivity contribution in [3.05, 3.63) is 29.3 Å². The topological polar surface area (TPSA) is 41.5 Å². The van der Waals surface area contributed by atoms with Gasteiger partial charge >= 0.3 is 0 Å². The smallest absolute Gasteiger partial charge is 0.0892 e. The summed E-state index contributed by atoms with van der Waals surface area (Å²) in [5.74, 6) is 0.580. The minimum Gasteiger partial charge on any atom is -0.396 e. The van der Waals surface area contributed by atoms with Crippen molar-refractivity contribution < 1.29 is 9.84 Å². The Morgan fingerprint density at radius 1 is 1.35 bits per heavy atom. The number of fused-ring (bicyclic) bond motifs is 3. The number of aryl methyl sites for hydroxylation is 1. The van der Waals surface area contributed by atoms with E-state index in [1.165, 1.54) is 29.7 Å². The van der Waals surface area contributed by atoms with Crippen LogP contribution in [-0.2, 0) is 4.74 Å². The molecule has 3 nitrogen and oxygen atoms in total. The monoisotopic (exact) mass is 275 g/mol. The zero-order valence-corrected chi connectivity index (χ0v) is 12.3. The average Bonchev–Trinajstić information content (AvgIpc) is 2.48. The second-order valence-electron chi connectivity index (χ2n) is 6.16. The summed E-state index contributed by atoms with van der Waals surface area (Å²) in [6.07, 6.45) is 5.78. The van der Waals surface area contributed by atoms with E-state index in [0.29, 0.717) is 18.6 Å². The zero-order valence-electron chi connectivity index (χ0n) is 12.3. The Morgan fingerprint density at radius 3 is 3.10 bits per heavy atom. The van der Waals surface area contributed by atoms with Crippen LogP contribution >= 0.6 is 0 Å². The summed E-state index contributed by atoms with van der Waals surface area (Å²) in [5.41, 5.74) is 3.89. The first-order chi connectivity index (χ1) is 9.79. The van der Waals surface area contributed by atoms with Gasteiger partial charge in [-0.15, -0.1) is 0 Å². The largest absolute Gasteiger partial charge is 0.396 e. The van der Waals surface area contributed by atoms with Crippen LogP contribution in [0.5, 0.6) is 0 Å². The molecule has 3 heteroatoms. The van der Waals surface area contributed by atoms with E-state index in [1.807, 2.05) is 0 Å². The number of aliphatic hydroxyl groups is 1. The van der Waals surface area contributed by atoms with Gasteiger partial charge in [-0.05, 0) is 45.1 Å². The van der Waals surface area contributed by atoms with Crippen LogP contribution in [-0.4, -0.2) is 24.4 Å². The molecule has 2 heterocycles. The highest BCUT2D eigenvalue weighted by Gasteiger charge is 2.38. The molecule has 3 atom stereocenters. The molecule has 20 heavy (non-hydrogen) atoms. The summed E-state index contributed by atoms with van der Waals surface area (Å²) in [5, 5.41) is 12.7. The van der Waals surface area contributed by atoms with Gasteiger partial charge in [0.2, 0.25) is 0 Å². The molecule has 0 spiro atoms. The molecule has 3 rings (SSSR count). The van der Waals surface area contributed by atoms with Gasteiger partial charge in [0.1, 0.15) is 0 Å². The molecule has 0 bridgehead atoms. The van der Waals surface area contributed by atoms with E-state index < -0.39 is 0 Å². The van der Waals surface area contributed by atoms with E-state index in [9.17, 15) is 0 Å². The molecule has 0 saturated carbocycles. The van der Waals surface area contributed by atoms with Gasteiger partial charge in [-0.25, -0.2) is 0 Å². The second-order valence-corrected chi connectivity index (χ2v) is 6.16. The van der Waals surface area contributed by atoms with Crippen molar-refractivity contribution in [1.82, 2.24) is 0 Å². The number of hydrogen-bond acceptors (Lipinski definition) is 3. The standard InChI is InChI=1S/C17H25NO2/c1-12-7-8-16-14(11-12)17-13(5-4-10-20-17)15(18-16)6-2-3-9-19/h7-8,11,13,15,17-19H,2-6,9-10H2,1H3/t13-,15-,17-/m1/s1. The lowest BCUT2D eigenvalue weighted by Crippen LogP contribution is -2.41. The Kier molecular flexibility index (Phi) is 4.27. The van der Waals surface area contributed by atoms with E-state index in [-0.39, 0.29) is 6.10 Å². The first kappa shape index (κ1) is 13.9. The third kappa shape index (κ3) is 2.70. The molecule has 2 N–H and O–H groups in total. The fourth-order valence-corrected chi connectivity index (χ4v) is 3.65. The van der Waals surface area contributed by atoms with Crippen molar-refractivity contribution in [2.75, 3.05) is 18.5 Å². The zero-order chi connectivity index (χ0) is 13.9. The van der Waals surface area contributed by atoms with Gasteiger partial charge in [0, 0.05) is 36.4 Å². The summed E-state index contributed by atoms with van der Waals surface area (Å²) >= 11 is 0. The van der Waals surface area contributed by atoms with Crippen LogP contribution in [0.1, 0.15) is 49.3 Å². The van der Waals surface area contributed by atoms with Crippen LogP contribution in [0.3, 0.4) is 0 Å². The predicted molar refractivity (Wildman–Crippen MR) is 80.9 cm³/mol. The highest BCUT2D eigenvalue weighted by Crippen LogP contribution is 2.45. The number of ether oxygens (including phenoxy) is 1. The van der Waals surface area contributed by atoms with Crippen LogP contribution in [0.15, 0.2) is 18.2 Å². The van der Waals surface area contributed by atoms with Gasteiger partial charge in [-0.1, -0.05) is 17.7 Å². The van der Waals surface area contributed by atoms with Crippen LogP contribution in [0, 0.1) is 12.8 Å². The van der Waals surface area contributed by atoms with Gasteiger partial charge in [0.05, 0.1) is 6.10 Å². The van der Waals surface area contributed by atoms with E-state index >= 15 is 0 Å². The number of benzene rings is 1. The Hall–Kier alpha value is -1.06. The maximum absolute atomic E-state index is 8.97. The Balaban J connectivity index is 1.83. The number of aliphatic hydroxyl groups excluding tert-OH is 1. The van der Waals surface area contributed by atoms with Crippen molar-refractivity contribution in [2.24, 2.45) is 5.92 Å². The third-order valence-electron chi connectivity index (χ3n) is 4.66. The third-order valence-corrected chi connectivity index (χ3v) is 4.66. The highest BCUT2D eigenvalue weighted by molar-refractivity contribution is 5.57. The molecule has 1 aromatic rings. The van der Waals surface area contributed by atoms with Gasteiger partial charge in [0.25, 0.3) is 0 Å². The maximum atomic E-state index is 8.97. The van der Waals surface area contributed by atoms with Crippen LogP contribution in [0.25, 0.3) is 0 Å². The number of unbranched alkanes of at least 4 members (excludes halogenated alkanes) is 1. The molecule has 1 aromatic carbocycles. The molecule has 0 amide bonds. The summed E-state index contributed by atoms with van der Waals surface area (Å²) in [6, 6.07) is 7.12. The SMILES string of the molecule is Cc1ccc2c(c1)[C@@H]1OCCC[C@@H]1[C@@H](CCCCO)N2. The highest BCUT2D eigenvalue weighted by atomic mass is 16.5. The normalized spacial score (nSPS) is 28.4. The van der Waals surface area contributed by atoms with Crippen LogP contribution in [0.4, 0.5) is 5.69 Å². The first-order valence-corrected chi connectivity index (χ1v) is 7.89. The van der Waals surface area contributed by atoms with Gasteiger partial charge in [-0.3, -0.25) is 0 Å². The summed E-state index contributed by atoms with van der Waals surface area (Å²) in [4.78, 5) is 0. The molecule has 1 saturated heterocycles. The quantitative estimate of drug-likeness (QED) is 0.827. The Labute approximate surface area is 121 Å². The van der Waals surface area contributed by atoms with E-state index in [1.54, 1.807) is 0 Å². The van der Waals surface area contributed by atoms with Gasteiger partial charge in [-0.2, -0.15) is 0 Å². The minimum absolute atomic E-state index is 0.263. The van der Waals surface area contributed by atoms with Crippen molar-refractivity contribution in [2.45, 2.75) is 51.2 Å². The molecule has 110 valence electrons. The molecule has 0 aromatic heterocycles. The number of nitrogens with one attached hydrogen (secondary N) is 1. The van der Waals surface area contributed by atoms with Crippen molar-refractivity contribution >= 4 is 5.69 Å². The molecule has 0 aliphatic carbocycles. The Bertz CT molecular complexity index is 460. The second kappa shape index (κ2) is 6.15. The molecule has 2 aliphatic heterocycles. The van der Waals surface area contributed by atoms with E-state index in [0.717, 1.165) is 25.9 Å². The molecule has 2 aliphatic rings. The fraction of sp³-hybridized carbons (Fsp3) is 0.647. The van der Waals surface area contributed by atoms with Gasteiger partial charge in [0.15, 0.2) is 0 Å². The molecular formula is C17H25NO2. The number of anilines is 1. The lowest BCUT2D eigenvalue weighted by Gasteiger charge is -2.43. The van der Waals surface area contributed by atoms with E-state index in [4.69, 9.17) is 9.84 Å². The summed E-state index contributed by atoms with van der Waals surface area (Å²) < 4.78 is 6.11. The molecule has 0 unspecified atom stereocenters.